The van der Waals surface area contributed by atoms with E-state index in [2.05, 4.69) is 15.5 Å². The van der Waals surface area contributed by atoms with Gasteiger partial charge in [0.1, 0.15) is 5.75 Å². The van der Waals surface area contributed by atoms with Crippen LogP contribution >= 0.6 is 11.8 Å². The minimum absolute atomic E-state index is 0.0387. The van der Waals surface area contributed by atoms with Crippen LogP contribution in [0.25, 0.3) is 0 Å². The van der Waals surface area contributed by atoms with Crippen molar-refractivity contribution in [2.45, 2.75) is 18.6 Å². The summed E-state index contributed by atoms with van der Waals surface area (Å²) in [4.78, 5) is 14.2. The average Bonchev–Trinajstić information content (AvgIpc) is 3.03. The molecule has 2 aromatic rings. The van der Waals surface area contributed by atoms with Gasteiger partial charge >= 0.3 is 0 Å². The molecule has 2 aromatic carbocycles. The number of nitrogens with one attached hydrogen (secondary N) is 1. The number of carbonyl (C=O) groups is 1. The lowest BCUT2D eigenvalue weighted by Gasteiger charge is -2.11. The summed E-state index contributed by atoms with van der Waals surface area (Å²) in [6.07, 6.45) is 2.32. The van der Waals surface area contributed by atoms with Gasteiger partial charge in [0.2, 0.25) is 5.91 Å². The summed E-state index contributed by atoms with van der Waals surface area (Å²) in [5.41, 5.74) is 3.16. The molecule has 28 heavy (non-hydrogen) atoms. The second-order valence-electron chi connectivity index (χ2n) is 6.51. The molecule has 1 atom stereocenters. The predicted molar refractivity (Wildman–Crippen MR) is 117 cm³/mol. The van der Waals surface area contributed by atoms with Crippen LogP contribution in [0.5, 0.6) is 5.75 Å². The number of amidine groups is 1. The summed E-state index contributed by atoms with van der Waals surface area (Å²) in [6.45, 7) is 2.59. The van der Waals surface area contributed by atoms with Crippen molar-refractivity contribution in [3.05, 3.63) is 59.7 Å². The summed E-state index contributed by atoms with van der Waals surface area (Å²) in [5.74, 6) is 0.799. The van der Waals surface area contributed by atoms with Gasteiger partial charge in [0.05, 0.1) is 18.1 Å². The molecule has 1 heterocycles. The number of benzene rings is 2. The molecule has 146 valence electrons. The van der Waals surface area contributed by atoms with Crippen LogP contribution in [0, 0.1) is 0 Å². The topological polar surface area (TPSA) is 66.3 Å². The van der Waals surface area contributed by atoms with E-state index in [1.165, 1.54) is 11.8 Å². The Balaban J connectivity index is 1.57. The van der Waals surface area contributed by atoms with Crippen molar-refractivity contribution in [2.24, 2.45) is 10.2 Å². The number of hydrogen-bond acceptors (Lipinski definition) is 6. The van der Waals surface area contributed by atoms with Crippen LogP contribution in [0.4, 0.5) is 5.69 Å². The number of hydrogen-bond donors (Lipinski definition) is 1. The van der Waals surface area contributed by atoms with E-state index < -0.39 is 0 Å². The van der Waals surface area contributed by atoms with Crippen LogP contribution in [-0.4, -0.2) is 43.2 Å². The molecule has 1 amide bonds. The Morgan fingerprint density at radius 2 is 1.86 bits per heavy atom. The summed E-state index contributed by atoms with van der Waals surface area (Å²) in [7, 11) is 4.00. The quantitative estimate of drug-likeness (QED) is 0.576. The van der Waals surface area contributed by atoms with Gasteiger partial charge in [0.25, 0.3) is 0 Å². The summed E-state index contributed by atoms with van der Waals surface area (Å²) in [6, 6.07) is 15.8. The lowest BCUT2D eigenvalue weighted by Crippen LogP contribution is -2.25. The molecular weight excluding hydrogens is 372 g/mol. The number of rotatable bonds is 7. The van der Waals surface area contributed by atoms with E-state index in [-0.39, 0.29) is 11.2 Å². The molecule has 0 unspecified atom stereocenters. The predicted octanol–water partition coefficient (Wildman–Crippen LogP) is 3.32. The van der Waals surface area contributed by atoms with E-state index in [0.29, 0.717) is 18.2 Å². The van der Waals surface area contributed by atoms with Gasteiger partial charge in [0.15, 0.2) is 5.17 Å². The molecule has 1 N–H and O–H groups in total. The van der Waals surface area contributed by atoms with Crippen LogP contribution < -0.4 is 15.0 Å². The van der Waals surface area contributed by atoms with Gasteiger partial charge in [-0.25, -0.2) is 0 Å². The Bertz CT molecular complexity index is 861. The third kappa shape index (κ3) is 5.36. The molecular formula is C21H24N4O2S. The van der Waals surface area contributed by atoms with Crippen molar-refractivity contribution in [2.75, 3.05) is 25.6 Å². The molecule has 0 aliphatic carbocycles. The highest BCUT2D eigenvalue weighted by Crippen LogP contribution is 2.24. The fourth-order valence-electron chi connectivity index (χ4n) is 2.70. The number of ether oxygens (including phenoxy) is 1. The van der Waals surface area contributed by atoms with Gasteiger partial charge in [-0.2, -0.15) is 5.10 Å². The maximum absolute atomic E-state index is 12.2. The molecule has 1 aliphatic rings. The van der Waals surface area contributed by atoms with E-state index in [4.69, 9.17) is 4.74 Å². The van der Waals surface area contributed by atoms with E-state index in [0.717, 1.165) is 22.6 Å². The van der Waals surface area contributed by atoms with Gasteiger partial charge in [-0.05, 0) is 48.7 Å². The number of anilines is 1. The highest BCUT2D eigenvalue weighted by atomic mass is 32.2. The molecule has 7 heteroatoms. The maximum atomic E-state index is 12.2. The first-order chi connectivity index (χ1) is 13.5. The van der Waals surface area contributed by atoms with Crippen molar-refractivity contribution in [3.63, 3.8) is 0 Å². The highest BCUT2D eigenvalue weighted by Gasteiger charge is 2.30. The van der Waals surface area contributed by atoms with Crippen LogP contribution in [0.1, 0.15) is 18.1 Å². The Morgan fingerprint density at radius 1 is 1.14 bits per heavy atom. The molecule has 1 saturated heterocycles. The normalized spacial score (nSPS) is 17.9. The first-order valence-electron chi connectivity index (χ1n) is 9.13. The minimum atomic E-state index is -0.203. The van der Waals surface area contributed by atoms with Crippen molar-refractivity contribution in [1.29, 1.82) is 0 Å². The summed E-state index contributed by atoms with van der Waals surface area (Å²) in [5, 5.41) is 11.4. The highest BCUT2D eigenvalue weighted by molar-refractivity contribution is 8.15. The molecule has 0 aromatic heterocycles. The Kier molecular flexibility index (Phi) is 6.71. The third-order valence-corrected chi connectivity index (χ3v) is 5.27. The van der Waals surface area contributed by atoms with Crippen molar-refractivity contribution in [1.82, 2.24) is 5.32 Å². The maximum Gasteiger partial charge on any atom is 0.239 e. The number of thioether (sulfide) groups is 1. The van der Waals surface area contributed by atoms with E-state index >= 15 is 0 Å². The number of nitrogens with zero attached hydrogens (tertiary/aromatic N) is 3. The zero-order chi connectivity index (χ0) is 19.9. The molecule has 0 bridgehead atoms. The Hall–Kier alpha value is -2.80. The second kappa shape index (κ2) is 9.41. The van der Waals surface area contributed by atoms with Crippen LogP contribution in [0.2, 0.25) is 0 Å². The van der Waals surface area contributed by atoms with E-state index in [1.54, 1.807) is 6.21 Å². The summed E-state index contributed by atoms with van der Waals surface area (Å²) >= 11 is 1.41. The molecule has 0 radical (unpaired) electrons. The second-order valence-corrected chi connectivity index (χ2v) is 7.70. The molecule has 0 saturated carbocycles. The largest absolute Gasteiger partial charge is 0.494 e. The smallest absolute Gasteiger partial charge is 0.239 e. The van der Waals surface area contributed by atoms with Crippen molar-refractivity contribution >= 4 is 34.7 Å². The first kappa shape index (κ1) is 19.9. The molecule has 3 rings (SSSR count). The van der Waals surface area contributed by atoms with Gasteiger partial charge in [-0.3, -0.25) is 4.79 Å². The van der Waals surface area contributed by atoms with E-state index in [9.17, 15) is 4.79 Å². The molecule has 0 spiro atoms. The Morgan fingerprint density at radius 3 is 2.50 bits per heavy atom. The standard InChI is InChI=1S/C21H24N4O2S/c1-4-27-18-11-7-15(8-12-18)13-19-20(26)23-21(28-19)24-22-14-16-5-9-17(10-6-16)25(2)3/h5-12,14,19H,4,13H2,1-3H3,(H,23,24,26)/b22-14+/t19-/m1/s1. The lowest BCUT2D eigenvalue weighted by atomic mass is 10.1. The van der Waals surface area contributed by atoms with E-state index in [1.807, 2.05) is 74.4 Å². The zero-order valence-electron chi connectivity index (χ0n) is 16.3. The van der Waals surface area contributed by atoms with Gasteiger partial charge in [-0.15, -0.1) is 5.10 Å². The molecule has 1 fully saturated rings. The Labute approximate surface area is 169 Å². The monoisotopic (exact) mass is 396 g/mol. The van der Waals surface area contributed by atoms with Crippen molar-refractivity contribution in [3.8, 4) is 5.75 Å². The third-order valence-electron chi connectivity index (χ3n) is 4.20. The van der Waals surface area contributed by atoms with Crippen LogP contribution in [0.15, 0.2) is 58.7 Å². The van der Waals surface area contributed by atoms with Crippen LogP contribution in [-0.2, 0) is 11.2 Å². The van der Waals surface area contributed by atoms with Gasteiger partial charge < -0.3 is 15.0 Å². The summed E-state index contributed by atoms with van der Waals surface area (Å²) < 4.78 is 5.45. The zero-order valence-corrected chi connectivity index (χ0v) is 17.1. The lowest BCUT2D eigenvalue weighted by molar-refractivity contribution is -0.118. The SMILES string of the molecule is CCOc1ccc(C[C@H]2S/C(=N/N=C/c3ccc(N(C)C)cc3)NC2=O)cc1. The fourth-order valence-corrected chi connectivity index (χ4v) is 3.66. The fraction of sp³-hybridized carbons (Fsp3) is 0.286. The van der Waals surface area contributed by atoms with Gasteiger partial charge in [0, 0.05) is 19.8 Å². The molecule has 1 aliphatic heterocycles. The van der Waals surface area contributed by atoms with Crippen LogP contribution in [0.3, 0.4) is 0 Å². The molecule has 6 nitrogen and oxygen atoms in total. The van der Waals surface area contributed by atoms with Gasteiger partial charge in [-0.1, -0.05) is 36.0 Å². The minimum Gasteiger partial charge on any atom is -0.494 e. The number of carbonyl (C=O) groups excluding carboxylic acids is 1. The first-order valence-corrected chi connectivity index (χ1v) is 10.0. The number of amides is 1. The average molecular weight is 397 g/mol. The van der Waals surface area contributed by atoms with Crippen molar-refractivity contribution < 1.29 is 9.53 Å².